The van der Waals surface area contributed by atoms with Crippen LogP contribution in [0.1, 0.15) is 13.3 Å². The average Bonchev–Trinajstić information content (AvgIpc) is 2.51. The number of nitrogens with zero attached hydrogens (tertiary/aromatic N) is 1. The minimum Gasteiger partial charge on any atom is -0.391 e. The fraction of sp³-hybridized carbons (Fsp3) is 1.00. The number of aliphatic hydroxyl groups is 1. The van der Waals surface area contributed by atoms with Crippen molar-refractivity contribution in [3.63, 3.8) is 0 Å². The van der Waals surface area contributed by atoms with Gasteiger partial charge in [-0.15, -0.1) is 0 Å². The van der Waals surface area contributed by atoms with Crippen LogP contribution in [0.25, 0.3) is 0 Å². The van der Waals surface area contributed by atoms with E-state index in [1.165, 1.54) is 0 Å². The van der Waals surface area contributed by atoms with E-state index in [1.807, 2.05) is 7.05 Å². The molecule has 0 amide bonds. The summed E-state index contributed by atoms with van der Waals surface area (Å²) in [6.45, 7) is 3.65. The van der Waals surface area contributed by atoms with Gasteiger partial charge in [-0.05, 0) is 20.4 Å². The lowest BCUT2D eigenvalue weighted by molar-refractivity contribution is 0.0640. The third-order valence-corrected chi connectivity index (χ3v) is 3.33. The van der Waals surface area contributed by atoms with Gasteiger partial charge < -0.3 is 9.84 Å². The Morgan fingerprint density at radius 3 is 2.85 bits per heavy atom. The van der Waals surface area contributed by atoms with Crippen molar-refractivity contribution < 1.29 is 9.84 Å². The summed E-state index contributed by atoms with van der Waals surface area (Å²) in [7, 11) is 2.04. The molecule has 1 aliphatic heterocycles. The van der Waals surface area contributed by atoms with Gasteiger partial charge in [0.05, 0.1) is 12.2 Å². The quantitative estimate of drug-likeness (QED) is 0.753. The molecule has 3 atom stereocenters. The van der Waals surface area contributed by atoms with E-state index in [0.717, 1.165) is 13.0 Å². The van der Waals surface area contributed by atoms with Crippen LogP contribution in [0.3, 0.4) is 0 Å². The molecule has 0 aromatic heterocycles. The van der Waals surface area contributed by atoms with Crippen LogP contribution in [0.2, 0.25) is 0 Å². The third kappa shape index (κ3) is 3.20. The zero-order valence-corrected chi connectivity index (χ0v) is 9.83. The molecule has 1 aliphatic rings. The van der Waals surface area contributed by atoms with Gasteiger partial charge in [-0.2, -0.15) is 0 Å². The molecule has 0 aromatic rings. The Bertz CT molecular complexity index is 157. The number of aliphatic hydroxyl groups excluding tert-OH is 1. The molecule has 13 heavy (non-hydrogen) atoms. The Morgan fingerprint density at radius 1 is 1.69 bits per heavy atom. The highest BCUT2D eigenvalue weighted by Gasteiger charge is 2.28. The normalized spacial score (nSPS) is 31.2. The van der Waals surface area contributed by atoms with Crippen LogP contribution in [0.5, 0.6) is 0 Å². The maximum atomic E-state index is 9.45. The molecule has 78 valence electrons. The zero-order chi connectivity index (χ0) is 9.84. The summed E-state index contributed by atoms with van der Waals surface area (Å²) in [5.41, 5.74) is 0. The Labute approximate surface area is 88.2 Å². The number of likely N-dealkylation sites (N-methyl/N-ethyl adjacent to an activating group) is 1. The van der Waals surface area contributed by atoms with Crippen LogP contribution in [0.15, 0.2) is 0 Å². The van der Waals surface area contributed by atoms with Crippen molar-refractivity contribution >= 4 is 15.9 Å². The molecule has 1 fully saturated rings. The fourth-order valence-corrected chi connectivity index (χ4v) is 2.02. The second-order valence-corrected chi connectivity index (χ2v) is 4.33. The summed E-state index contributed by atoms with van der Waals surface area (Å²) in [5.74, 6) is 0. The molecule has 0 radical (unpaired) electrons. The maximum Gasteiger partial charge on any atom is 0.0763 e. The van der Waals surface area contributed by atoms with Gasteiger partial charge >= 0.3 is 0 Å². The summed E-state index contributed by atoms with van der Waals surface area (Å²) in [5, 5.41) is 10.1. The Hall–Kier alpha value is 0.360. The first-order valence-corrected chi connectivity index (χ1v) is 5.83. The van der Waals surface area contributed by atoms with E-state index in [1.54, 1.807) is 0 Å². The van der Waals surface area contributed by atoms with E-state index in [4.69, 9.17) is 4.74 Å². The van der Waals surface area contributed by atoms with E-state index in [0.29, 0.717) is 24.0 Å². The number of halogens is 1. The molecule has 0 aliphatic carbocycles. The van der Waals surface area contributed by atoms with Gasteiger partial charge in [-0.3, -0.25) is 4.90 Å². The predicted octanol–water partition coefficient (Wildman–Crippen LogP) is 0.851. The van der Waals surface area contributed by atoms with E-state index in [-0.39, 0.29) is 6.10 Å². The smallest absolute Gasteiger partial charge is 0.0763 e. The molecule has 1 rings (SSSR count). The predicted molar refractivity (Wildman–Crippen MR) is 56.2 cm³/mol. The number of alkyl halides is 1. The first-order chi connectivity index (χ1) is 6.15. The molecular formula is C9H18BrNO2. The van der Waals surface area contributed by atoms with Crippen molar-refractivity contribution in [1.29, 1.82) is 0 Å². The van der Waals surface area contributed by atoms with Crippen LogP contribution in [0, 0.1) is 0 Å². The van der Waals surface area contributed by atoms with Gasteiger partial charge in [0.1, 0.15) is 0 Å². The molecule has 0 saturated carbocycles. The summed E-state index contributed by atoms with van der Waals surface area (Å²) < 4.78 is 5.47. The van der Waals surface area contributed by atoms with Crippen LogP contribution in [-0.4, -0.2) is 53.8 Å². The monoisotopic (exact) mass is 251 g/mol. The number of hydrogen-bond donors (Lipinski definition) is 1. The van der Waals surface area contributed by atoms with Crippen molar-refractivity contribution in [2.45, 2.75) is 31.6 Å². The minimum atomic E-state index is -0.280. The van der Waals surface area contributed by atoms with Crippen LogP contribution in [-0.2, 0) is 4.74 Å². The summed E-state index contributed by atoms with van der Waals surface area (Å²) in [4.78, 5) is 2.18. The van der Waals surface area contributed by atoms with Crippen LogP contribution in [0.4, 0.5) is 0 Å². The second-order valence-electron chi connectivity index (χ2n) is 3.68. The molecule has 0 spiro atoms. The largest absolute Gasteiger partial charge is 0.391 e. The van der Waals surface area contributed by atoms with Crippen molar-refractivity contribution in [3.05, 3.63) is 0 Å². The van der Waals surface area contributed by atoms with Crippen molar-refractivity contribution in [3.8, 4) is 0 Å². The van der Waals surface area contributed by atoms with E-state index < -0.39 is 0 Å². The lowest BCUT2D eigenvalue weighted by Gasteiger charge is -2.27. The fourth-order valence-electron chi connectivity index (χ4n) is 1.82. The number of hydrogen-bond acceptors (Lipinski definition) is 3. The number of rotatable bonds is 4. The van der Waals surface area contributed by atoms with Crippen molar-refractivity contribution in [2.75, 3.05) is 25.5 Å². The van der Waals surface area contributed by atoms with E-state index >= 15 is 0 Å². The highest BCUT2D eigenvalue weighted by atomic mass is 79.9. The lowest BCUT2D eigenvalue weighted by Crippen LogP contribution is -2.41. The highest BCUT2D eigenvalue weighted by molar-refractivity contribution is 9.09. The van der Waals surface area contributed by atoms with Gasteiger partial charge in [-0.1, -0.05) is 15.9 Å². The Kier molecular flexibility index (Phi) is 4.66. The molecule has 0 aromatic carbocycles. The van der Waals surface area contributed by atoms with Gasteiger partial charge in [0.2, 0.25) is 0 Å². The van der Waals surface area contributed by atoms with Gasteiger partial charge in [0, 0.05) is 24.5 Å². The van der Waals surface area contributed by atoms with Gasteiger partial charge in [0.15, 0.2) is 0 Å². The minimum absolute atomic E-state index is 0.280. The number of ether oxygens (including phenoxy) is 1. The first-order valence-electron chi connectivity index (χ1n) is 4.71. The second kappa shape index (κ2) is 5.29. The van der Waals surface area contributed by atoms with E-state index in [2.05, 4.69) is 27.8 Å². The summed E-state index contributed by atoms with van der Waals surface area (Å²) >= 11 is 3.26. The van der Waals surface area contributed by atoms with Crippen molar-refractivity contribution in [1.82, 2.24) is 4.90 Å². The van der Waals surface area contributed by atoms with Crippen LogP contribution < -0.4 is 0 Å². The molecule has 1 heterocycles. The van der Waals surface area contributed by atoms with Gasteiger partial charge in [-0.25, -0.2) is 0 Å². The third-order valence-electron chi connectivity index (χ3n) is 2.58. The maximum absolute atomic E-state index is 9.45. The SMILES string of the molecule is CC1OCCC1N(C)CC(O)CBr. The molecule has 4 heteroatoms. The molecular weight excluding hydrogens is 234 g/mol. The topological polar surface area (TPSA) is 32.7 Å². The van der Waals surface area contributed by atoms with Crippen LogP contribution >= 0.6 is 15.9 Å². The molecule has 0 bridgehead atoms. The molecule has 1 saturated heterocycles. The molecule has 3 nitrogen and oxygen atoms in total. The standard InChI is InChI=1S/C9H18BrNO2/c1-7-9(3-4-13-7)11(2)6-8(12)5-10/h7-9,12H,3-6H2,1-2H3. The summed E-state index contributed by atoms with van der Waals surface area (Å²) in [6.07, 6.45) is 1.09. The van der Waals surface area contributed by atoms with E-state index in [9.17, 15) is 5.11 Å². The lowest BCUT2D eigenvalue weighted by atomic mass is 10.1. The van der Waals surface area contributed by atoms with Crippen molar-refractivity contribution in [2.24, 2.45) is 0 Å². The van der Waals surface area contributed by atoms with Gasteiger partial charge in [0.25, 0.3) is 0 Å². The molecule has 3 unspecified atom stereocenters. The Balaban J connectivity index is 2.33. The first kappa shape index (κ1) is 11.4. The molecule has 1 N–H and O–H groups in total. The highest BCUT2D eigenvalue weighted by Crippen LogP contribution is 2.18. The zero-order valence-electron chi connectivity index (χ0n) is 8.24. The Morgan fingerprint density at radius 2 is 2.38 bits per heavy atom. The summed E-state index contributed by atoms with van der Waals surface area (Å²) in [6, 6.07) is 0.466. The average molecular weight is 252 g/mol.